The summed E-state index contributed by atoms with van der Waals surface area (Å²) >= 11 is 2.90. The summed E-state index contributed by atoms with van der Waals surface area (Å²) in [6, 6.07) is 3.09. The van der Waals surface area contributed by atoms with E-state index < -0.39 is 10.0 Å². The van der Waals surface area contributed by atoms with Crippen molar-refractivity contribution >= 4 is 43.3 Å². The number of pyridine rings is 1. The largest absolute Gasteiger partial charge is 0.395 e. The van der Waals surface area contributed by atoms with E-state index in [4.69, 9.17) is 0 Å². The quantitative estimate of drug-likeness (QED) is 0.841. The van der Waals surface area contributed by atoms with Crippen molar-refractivity contribution in [2.24, 2.45) is 0 Å². The van der Waals surface area contributed by atoms with Crippen LogP contribution in [0, 0.1) is 0 Å². The van der Waals surface area contributed by atoms with E-state index in [0.29, 0.717) is 0 Å². The fourth-order valence-electron chi connectivity index (χ4n) is 1.81. The minimum absolute atomic E-state index is 0.0767. The van der Waals surface area contributed by atoms with Crippen molar-refractivity contribution in [3.63, 3.8) is 0 Å². The first-order chi connectivity index (χ1) is 9.47. The lowest BCUT2D eigenvalue weighted by atomic mass is 10.3. The Balaban J connectivity index is 2.25. The molecule has 0 aliphatic rings. The molecule has 0 aromatic carbocycles. The number of thioether (sulfide) groups is 1. The summed E-state index contributed by atoms with van der Waals surface area (Å²) in [7, 11) is -3.63. The Bertz CT molecular complexity index is 680. The topological polar surface area (TPSA) is 79.3 Å². The Kier molecular flexibility index (Phi) is 5.03. The van der Waals surface area contributed by atoms with E-state index in [1.807, 2.05) is 17.7 Å². The van der Waals surface area contributed by atoms with Gasteiger partial charge in [0.05, 0.1) is 6.61 Å². The molecule has 0 aliphatic carbocycles. The number of aliphatic hydroxyl groups is 1. The second-order valence-corrected chi connectivity index (χ2v) is 8.04. The van der Waals surface area contributed by atoms with Crippen LogP contribution in [0.1, 0.15) is 6.92 Å². The second kappa shape index (κ2) is 6.40. The number of hydrogen-bond donors (Lipinski definition) is 2. The summed E-state index contributed by atoms with van der Waals surface area (Å²) in [5.74, 6) is 0. The Morgan fingerprint density at radius 2 is 2.30 bits per heavy atom. The molecule has 2 aromatic heterocycles. The number of aliphatic hydroxyl groups excluding tert-OH is 1. The fourth-order valence-corrected chi connectivity index (χ4v) is 4.51. The Morgan fingerprint density at radius 1 is 1.55 bits per heavy atom. The molecule has 5 nitrogen and oxygen atoms in total. The molecule has 2 unspecified atom stereocenters. The van der Waals surface area contributed by atoms with E-state index >= 15 is 0 Å². The Labute approximate surface area is 126 Å². The Hall–Kier alpha value is -0.670. The van der Waals surface area contributed by atoms with Crippen molar-refractivity contribution in [2.75, 3.05) is 12.9 Å². The highest BCUT2D eigenvalue weighted by molar-refractivity contribution is 7.99. The minimum atomic E-state index is -3.63. The molecule has 2 heterocycles. The molecule has 0 saturated carbocycles. The van der Waals surface area contributed by atoms with E-state index in [1.54, 1.807) is 13.0 Å². The molecule has 2 rings (SSSR count). The summed E-state index contributed by atoms with van der Waals surface area (Å²) in [5.41, 5.74) is 0. The molecule has 0 amide bonds. The highest BCUT2D eigenvalue weighted by Gasteiger charge is 2.23. The first kappa shape index (κ1) is 15.7. The van der Waals surface area contributed by atoms with Crippen LogP contribution >= 0.6 is 23.1 Å². The molecule has 20 heavy (non-hydrogen) atoms. The highest BCUT2D eigenvalue weighted by atomic mass is 32.2. The minimum Gasteiger partial charge on any atom is -0.395 e. The third-order valence-corrected chi connectivity index (χ3v) is 6.50. The molecule has 2 aromatic rings. The van der Waals surface area contributed by atoms with Gasteiger partial charge in [-0.2, -0.15) is 11.8 Å². The molecule has 8 heteroatoms. The standard InChI is InChI=1S/C12H16N2O3S3/c1-8(11(7-15)18-2)14-20(16,17)10-5-9-3-4-19-12(9)13-6-10/h3-6,8,11,14-15H,7H2,1-2H3. The number of rotatable bonds is 6. The predicted molar refractivity (Wildman–Crippen MR) is 83.8 cm³/mol. The maximum Gasteiger partial charge on any atom is 0.242 e. The molecule has 110 valence electrons. The van der Waals surface area contributed by atoms with E-state index in [-0.39, 0.29) is 22.8 Å². The van der Waals surface area contributed by atoms with Gasteiger partial charge in [-0.3, -0.25) is 0 Å². The maximum atomic E-state index is 12.3. The van der Waals surface area contributed by atoms with Gasteiger partial charge in [0.1, 0.15) is 9.73 Å². The number of aromatic nitrogens is 1. The Morgan fingerprint density at radius 3 is 2.95 bits per heavy atom. The molecule has 0 spiro atoms. The molecule has 2 atom stereocenters. The average Bonchev–Trinajstić information content (AvgIpc) is 2.86. The summed E-state index contributed by atoms with van der Waals surface area (Å²) in [6.07, 6.45) is 3.20. The maximum absolute atomic E-state index is 12.3. The van der Waals surface area contributed by atoms with Crippen LogP contribution in [0.15, 0.2) is 28.6 Å². The highest BCUT2D eigenvalue weighted by Crippen LogP contribution is 2.22. The zero-order valence-corrected chi connectivity index (χ0v) is 13.6. The van der Waals surface area contributed by atoms with Gasteiger partial charge in [0.15, 0.2) is 0 Å². The third-order valence-electron chi connectivity index (χ3n) is 2.97. The van der Waals surface area contributed by atoms with Gasteiger partial charge in [-0.15, -0.1) is 11.3 Å². The molecule has 0 aliphatic heterocycles. The first-order valence-electron chi connectivity index (χ1n) is 5.97. The van der Waals surface area contributed by atoms with Gasteiger partial charge in [0.25, 0.3) is 0 Å². The number of nitrogens with zero attached hydrogens (tertiary/aromatic N) is 1. The molecule has 0 radical (unpaired) electrons. The average molecular weight is 332 g/mol. The molecule has 0 saturated heterocycles. The number of fused-ring (bicyclic) bond motifs is 1. The van der Waals surface area contributed by atoms with E-state index in [1.165, 1.54) is 29.3 Å². The lowest BCUT2D eigenvalue weighted by Crippen LogP contribution is -2.41. The monoisotopic (exact) mass is 332 g/mol. The third kappa shape index (κ3) is 3.32. The number of hydrogen-bond acceptors (Lipinski definition) is 6. The molecule has 0 bridgehead atoms. The van der Waals surface area contributed by atoms with Crippen molar-refractivity contribution in [1.82, 2.24) is 9.71 Å². The van der Waals surface area contributed by atoms with Gasteiger partial charge < -0.3 is 5.11 Å². The van der Waals surface area contributed by atoms with Crippen LogP contribution < -0.4 is 4.72 Å². The van der Waals surface area contributed by atoms with Crippen LogP contribution in [0.3, 0.4) is 0 Å². The summed E-state index contributed by atoms with van der Waals surface area (Å²) in [6.45, 7) is 1.66. The number of sulfonamides is 1. The smallest absolute Gasteiger partial charge is 0.242 e. The second-order valence-electron chi connectivity index (χ2n) is 4.35. The van der Waals surface area contributed by atoms with Crippen LogP contribution in [-0.2, 0) is 10.0 Å². The molecular weight excluding hydrogens is 316 g/mol. The van der Waals surface area contributed by atoms with Crippen molar-refractivity contribution < 1.29 is 13.5 Å². The predicted octanol–water partition coefficient (Wildman–Crippen LogP) is 1.69. The van der Waals surface area contributed by atoms with Crippen molar-refractivity contribution in [3.05, 3.63) is 23.7 Å². The first-order valence-corrected chi connectivity index (χ1v) is 9.62. The number of nitrogens with one attached hydrogen (secondary N) is 1. The summed E-state index contributed by atoms with van der Waals surface area (Å²) in [4.78, 5) is 5.11. The lowest BCUT2D eigenvalue weighted by Gasteiger charge is -2.21. The van der Waals surface area contributed by atoms with Gasteiger partial charge in [0.2, 0.25) is 10.0 Å². The van der Waals surface area contributed by atoms with Crippen LogP contribution in [0.25, 0.3) is 10.2 Å². The molecule has 2 N–H and O–H groups in total. The summed E-state index contributed by atoms with van der Waals surface area (Å²) < 4.78 is 27.2. The van der Waals surface area contributed by atoms with Crippen molar-refractivity contribution in [2.45, 2.75) is 23.1 Å². The van der Waals surface area contributed by atoms with E-state index in [9.17, 15) is 13.5 Å². The van der Waals surface area contributed by atoms with Gasteiger partial charge in [-0.25, -0.2) is 18.1 Å². The van der Waals surface area contributed by atoms with Gasteiger partial charge >= 0.3 is 0 Å². The van der Waals surface area contributed by atoms with Crippen LogP contribution in [0.4, 0.5) is 0 Å². The van der Waals surface area contributed by atoms with Gasteiger partial charge in [-0.05, 0) is 30.7 Å². The molecule has 0 fully saturated rings. The van der Waals surface area contributed by atoms with Crippen LogP contribution in [-0.4, -0.2) is 42.7 Å². The normalized spacial score (nSPS) is 15.3. The number of thiophene rings is 1. The SMILES string of the molecule is CSC(CO)C(C)NS(=O)(=O)c1cnc2sccc2c1. The fraction of sp³-hybridized carbons (Fsp3) is 0.417. The van der Waals surface area contributed by atoms with E-state index in [0.717, 1.165) is 10.2 Å². The van der Waals surface area contributed by atoms with Crippen molar-refractivity contribution in [1.29, 1.82) is 0 Å². The molecular formula is C12H16N2O3S3. The van der Waals surface area contributed by atoms with Gasteiger partial charge in [-0.1, -0.05) is 0 Å². The van der Waals surface area contributed by atoms with Gasteiger partial charge in [0, 0.05) is 22.9 Å². The van der Waals surface area contributed by atoms with Crippen LogP contribution in [0.5, 0.6) is 0 Å². The van der Waals surface area contributed by atoms with Crippen molar-refractivity contribution in [3.8, 4) is 0 Å². The van der Waals surface area contributed by atoms with Crippen LogP contribution in [0.2, 0.25) is 0 Å². The summed E-state index contributed by atoms with van der Waals surface area (Å²) in [5, 5.41) is 11.7. The lowest BCUT2D eigenvalue weighted by molar-refractivity contribution is 0.282. The zero-order valence-electron chi connectivity index (χ0n) is 11.1. The zero-order chi connectivity index (χ0) is 14.8. The van der Waals surface area contributed by atoms with E-state index in [2.05, 4.69) is 9.71 Å².